The van der Waals surface area contributed by atoms with E-state index < -0.39 is 17.8 Å². The van der Waals surface area contributed by atoms with E-state index >= 15 is 0 Å². The number of para-hydroxylation sites is 9. The molecule has 0 spiro atoms. The van der Waals surface area contributed by atoms with Gasteiger partial charge < -0.3 is 44.1 Å². The normalized spacial score (nSPS) is 19.5. The van der Waals surface area contributed by atoms with E-state index in [1.54, 1.807) is 79.3 Å². The van der Waals surface area contributed by atoms with Crippen molar-refractivity contribution in [2.75, 3.05) is 108 Å². The molecule has 4 atom stereocenters. The van der Waals surface area contributed by atoms with Crippen LogP contribution in [0.3, 0.4) is 0 Å². The van der Waals surface area contributed by atoms with E-state index in [1.807, 2.05) is 301 Å². The Bertz CT molecular complexity index is 4210. The SMILES string of the molecule is CN(C(=O)C1CC(C(=O)N(C)c2ccccc2)CC(C(=O)N(C)c2ccccc2)C1)c1ccccc1.CN(C(=O)C1CCC(C(=O)N(C)c2ccccc2)CC1)c1ccccc1.CN(C(=O)C1CCCC(C(=O)N(C)c2ccccc2)C1)c1ccccc1.CN(C(=O)C1CCCCC1C(=O)N(C)c1ccccc1)c1ccccc1. The fourth-order valence-electron chi connectivity index (χ4n) is 16.3. The van der Waals surface area contributed by atoms with Crippen LogP contribution in [-0.2, 0) is 43.2 Å². The predicted octanol–water partition coefficient (Wildman–Crippen LogP) is 17.4. The lowest BCUT2D eigenvalue weighted by atomic mass is 9.73. The second-order valence-electron chi connectivity index (χ2n) is 30.5. The van der Waals surface area contributed by atoms with E-state index in [0.29, 0.717) is 25.7 Å². The Hall–Kier alpha value is -11.8. The van der Waals surface area contributed by atoms with Gasteiger partial charge in [0.2, 0.25) is 53.2 Å². The minimum absolute atomic E-state index is 0.00582. The molecular formula is C96H111N9O9. The van der Waals surface area contributed by atoms with Crippen LogP contribution >= 0.6 is 0 Å². The monoisotopic (exact) mass is 1530 g/mol. The van der Waals surface area contributed by atoms with Crippen LogP contribution in [0.15, 0.2) is 273 Å². The van der Waals surface area contributed by atoms with Gasteiger partial charge in [-0.25, -0.2) is 0 Å². The van der Waals surface area contributed by atoms with Gasteiger partial charge in [-0.2, -0.15) is 0 Å². The maximum Gasteiger partial charge on any atom is 0.230 e. The average molecular weight is 1530 g/mol. The van der Waals surface area contributed by atoms with E-state index in [1.165, 1.54) is 0 Å². The van der Waals surface area contributed by atoms with Crippen LogP contribution in [0.1, 0.15) is 96.3 Å². The molecule has 4 fully saturated rings. The molecule has 18 nitrogen and oxygen atoms in total. The summed E-state index contributed by atoms with van der Waals surface area (Å²) in [7, 11) is 16.2. The molecule has 18 heteroatoms. The van der Waals surface area contributed by atoms with Gasteiger partial charge in [0, 0.05) is 156 Å². The van der Waals surface area contributed by atoms with Gasteiger partial charge in [0.25, 0.3) is 0 Å². The Morgan fingerprint density at radius 1 is 0.175 bits per heavy atom. The molecule has 0 bridgehead atoms. The molecule has 4 saturated carbocycles. The number of rotatable bonds is 18. The first-order valence-electron chi connectivity index (χ1n) is 40.0. The molecule has 114 heavy (non-hydrogen) atoms. The van der Waals surface area contributed by atoms with Crippen LogP contribution in [0.25, 0.3) is 0 Å². The van der Waals surface area contributed by atoms with E-state index in [-0.39, 0.29) is 88.7 Å². The van der Waals surface area contributed by atoms with Crippen LogP contribution in [0, 0.1) is 53.3 Å². The Balaban J connectivity index is 0.000000163. The summed E-state index contributed by atoms with van der Waals surface area (Å²) in [6.45, 7) is 0. The molecule has 0 N–H and O–H groups in total. The molecule has 9 aromatic rings. The van der Waals surface area contributed by atoms with Crippen molar-refractivity contribution >= 4 is 104 Å². The Kier molecular flexibility index (Phi) is 30.9. The number of nitrogens with zero attached hydrogens (tertiary/aromatic N) is 9. The second-order valence-corrected chi connectivity index (χ2v) is 30.5. The molecule has 9 amide bonds. The number of benzene rings is 9. The maximum atomic E-state index is 13.6. The summed E-state index contributed by atoms with van der Waals surface area (Å²) >= 11 is 0. The highest BCUT2D eigenvalue weighted by atomic mass is 16.2. The van der Waals surface area contributed by atoms with Crippen LogP contribution in [0.4, 0.5) is 51.2 Å². The summed E-state index contributed by atoms with van der Waals surface area (Å²) in [5.41, 5.74) is 7.74. The summed E-state index contributed by atoms with van der Waals surface area (Å²) in [6, 6.07) is 86.4. The number of anilines is 9. The van der Waals surface area contributed by atoms with E-state index in [0.717, 1.165) is 122 Å². The fraction of sp³-hybridized carbons (Fsp3) is 0.344. The highest BCUT2D eigenvalue weighted by Gasteiger charge is 2.44. The Morgan fingerprint density at radius 3 is 0.509 bits per heavy atom. The summed E-state index contributed by atoms with van der Waals surface area (Å²) < 4.78 is 0. The smallest absolute Gasteiger partial charge is 0.230 e. The van der Waals surface area contributed by atoms with Gasteiger partial charge in [-0.3, -0.25) is 43.2 Å². The lowest BCUT2D eigenvalue weighted by Crippen LogP contribution is -2.46. The number of amides is 9. The van der Waals surface area contributed by atoms with Crippen molar-refractivity contribution in [2.45, 2.75) is 96.3 Å². The minimum atomic E-state index is -0.430. The molecule has 594 valence electrons. The molecule has 9 aromatic carbocycles. The van der Waals surface area contributed by atoms with E-state index in [9.17, 15) is 43.2 Å². The molecule has 0 aliphatic heterocycles. The summed E-state index contributed by atoms with van der Waals surface area (Å²) in [4.78, 5) is 134. The molecule has 4 aliphatic rings. The first-order valence-corrected chi connectivity index (χ1v) is 40.0. The standard InChI is InChI=1S/C30H33N3O3.3C22H26N2O2/c1-31(25-13-7-4-8-14-25)28(34)22-19-23(29(35)32(2)26-15-9-5-10-16-26)21-24(20-22)30(36)33(3)27-17-11-6-12-18-27;1-23(19-12-5-3-6-13-19)21(25)17-10-9-11-18(16-17)22(26)24(2)20-14-7-4-8-15-20;1-23(17-11-5-3-6-12-17)21(25)19-15-9-10-16-20(19)22(26)24(2)18-13-7-4-8-14-18;1-23(19-9-5-3-6-10-19)21(25)17-13-15-18(16-14-17)22(26)24(2)20-11-7-4-8-12-20/h4-18,22-24H,19-21H2,1-3H3;3-8,12-15,17-18H,9-11,16H2,1-2H3;3-8,11-14,19-20H,9-10,15-16H2,1-2H3;3-12,17-18H,13-16H2,1-2H3. The third-order valence-corrected chi connectivity index (χ3v) is 23.2. The zero-order chi connectivity index (χ0) is 81.2. The van der Waals surface area contributed by atoms with Crippen molar-refractivity contribution in [3.8, 4) is 0 Å². The number of carbonyl (C=O) groups excluding carboxylic acids is 9. The fourth-order valence-corrected chi connectivity index (χ4v) is 16.3. The lowest BCUT2D eigenvalue weighted by Gasteiger charge is -2.37. The Morgan fingerprint density at radius 2 is 0.325 bits per heavy atom. The van der Waals surface area contributed by atoms with Gasteiger partial charge in [0.05, 0.1) is 11.8 Å². The van der Waals surface area contributed by atoms with Crippen molar-refractivity contribution < 1.29 is 43.2 Å². The molecule has 4 aliphatic carbocycles. The topological polar surface area (TPSA) is 183 Å². The number of hydrogen-bond donors (Lipinski definition) is 0. The van der Waals surface area contributed by atoms with E-state index in [4.69, 9.17) is 0 Å². The molecule has 0 saturated heterocycles. The van der Waals surface area contributed by atoms with Crippen molar-refractivity contribution in [3.05, 3.63) is 273 Å². The van der Waals surface area contributed by atoms with E-state index in [2.05, 4.69) is 0 Å². The molecule has 13 rings (SSSR count). The van der Waals surface area contributed by atoms with Gasteiger partial charge in [0.15, 0.2) is 0 Å². The third-order valence-electron chi connectivity index (χ3n) is 23.2. The van der Waals surface area contributed by atoms with Gasteiger partial charge in [-0.05, 0) is 186 Å². The van der Waals surface area contributed by atoms with Gasteiger partial charge in [-0.15, -0.1) is 0 Å². The molecular weight excluding hydrogens is 1420 g/mol. The van der Waals surface area contributed by atoms with Crippen LogP contribution in [0.2, 0.25) is 0 Å². The summed E-state index contributed by atoms with van der Waals surface area (Å²) in [6.07, 6.45) is 11.2. The largest absolute Gasteiger partial charge is 0.315 e. The zero-order valence-electron chi connectivity index (χ0n) is 67.5. The summed E-state index contributed by atoms with van der Waals surface area (Å²) in [5.74, 6) is -1.59. The highest BCUT2D eigenvalue weighted by Crippen LogP contribution is 2.41. The van der Waals surface area contributed by atoms with Crippen molar-refractivity contribution in [2.24, 2.45) is 53.3 Å². The van der Waals surface area contributed by atoms with Crippen molar-refractivity contribution in [3.63, 3.8) is 0 Å². The molecule has 4 unspecified atom stereocenters. The van der Waals surface area contributed by atoms with Crippen LogP contribution < -0.4 is 44.1 Å². The average Bonchev–Trinajstić information content (AvgIpc) is 0.886. The first kappa shape index (κ1) is 84.7. The van der Waals surface area contributed by atoms with Crippen LogP contribution in [0.5, 0.6) is 0 Å². The minimum Gasteiger partial charge on any atom is -0.315 e. The number of carbonyl (C=O) groups is 9. The summed E-state index contributed by atoms with van der Waals surface area (Å²) in [5, 5.41) is 0. The van der Waals surface area contributed by atoms with Gasteiger partial charge in [-0.1, -0.05) is 183 Å². The molecule has 0 heterocycles. The van der Waals surface area contributed by atoms with Gasteiger partial charge >= 0.3 is 0 Å². The highest BCUT2D eigenvalue weighted by molar-refractivity contribution is 6.03. The van der Waals surface area contributed by atoms with Crippen molar-refractivity contribution in [1.82, 2.24) is 0 Å². The Labute approximate surface area is 674 Å². The van der Waals surface area contributed by atoms with Crippen molar-refractivity contribution in [1.29, 1.82) is 0 Å². The first-order chi connectivity index (χ1) is 55.1. The molecule has 0 aromatic heterocycles. The zero-order valence-corrected chi connectivity index (χ0v) is 67.5. The number of hydrogen-bond acceptors (Lipinski definition) is 9. The van der Waals surface area contributed by atoms with Crippen LogP contribution in [-0.4, -0.2) is 117 Å². The third kappa shape index (κ3) is 22.1. The maximum absolute atomic E-state index is 13.6. The predicted molar refractivity (Wildman–Crippen MR) is 459 cm³/mol. The quantitative estimate of drug-likeness (QED) is 0.0807. The second kappa shape index (κ2) is 41.7. The lowest BCUT2D eigenvalue weighted by molar-refractivity contribution is -0.133. The molecule has 0 radical (unpaired) electrons. The van der Waals surface area contributed by atoms with Gasteiger partial charge in [0.1, 0.15) is 0 Å².